The number of benzene rings is 2. The standard InChI is InChI=1S/C19H20N2O2/c1-22-18-7-3-15(4-8-18)13-17-11-12-21(20-17)14-16-5-9-19(23-2)10-6-16/h3-12H,13-14H2,1-2H3. The molecule has 3 aromatic rings. The molecular weight excluding hydrogens is 288 g/mol. The summed E-state index contributed by atoms with van der Waals surface area (Å²) in [7, 11) is 3.35. The second-order valence-corrected chi connectivity index (χ2v) is 5.38. The molecule has 0 saturated carbocycles. The summed E-state index contributed by atoms with van der Waals surface area (Å²) in [6, 6.07) is 18.2. The fraction of sp³-hybridized carbons (Fsp3) is 0.211. The zero-order chi connectivity index (χ0) is 16.1. The van der Waals surface area contributed by atoms with Crippen LogP contribution in [0.4, 0.5) is 0 Å². The number of nitrogens with zero attached hydrogens (tertiary/aromatic N) is 2. The van der Waals surface area contributed by atoms with E-state index in [0.717, 1.165) is 30.2 Å². The first kappa shape index (κ1) is 15.2. The molecule has 2 aromatic carbocycles. The molecule has 1 heterocycles. The summed E-state index contributed by atoms with van der Waals surface area (Å²) in [5, 5.41) is 4.64. The van der Waals surface area contributed by atoms with Gasteiger partial charge in [0.15, 0.2) is 0 Å². The van der Waals surface area contributed by atoms with Gasteiger partial charge in [-0.1, -0.05) is 24.3 Å². The van der Waals surface area contributed by atoms with Crippen molar-refractivity contribution in [3.8, 4) is 11.5 Å². The van der Waals surface area contributed by atoms with E-state index in [9.17, 15) is 0 Å². The lowest BCUT2D eigenvalue weighted by molar-refractivity contribution is 0.414. The zero-order valence-corrected chi connectivity index (χ0v) is 13.4. The molecule has 0 aliphatic rings. The van der Waals surface area contributed by atoms with Crippen LogP contribution in [0.3, 0.4) is 0 Å². The summed E-state index contributed by atoms with van der Waals surface area (Å²) in [5.74, 6) is 1.74. The average Bonchev–Trinajstić information content (AvgIpc) is 3.03. The van der Waals surface area contributed by atoms with Gasteiger partial charge in [-0.05, 0) is 41.5 Å². The summed E-state index contributed by atoms with van der Waals surface area (Å²) < 4.78 is 12.3. The molecule has 0 N–H and O–H groups in total. The first-order valence-electron chi connectivity index (χ1n) is 7.55. The van der Waals surface area contributed by atoms with Crippen LogP contribution in [0, 0.1) is 0 Å². The van der Waals surface area contributed by atoms with E-state index in [1.54, 1.807) is 14.2 Å². The third-order valence-corrected chi connectivity index (χ3v) is 3.74. The van der Waals surface area contributed by atoms with Crippen molar-refractivity contribution in [3.05, 3.63) is 77.6 Å². The van der Waals surface area contributed by atoms with E-state index < -0.39 is 0 Å². The SMILES string of the molecule is COc1ccc(Cc2ccn(Cc3ccc(OC)cc3)n2)cc1. The van der Waals surface area contributed by atoms with Crippen molar-refractivity contribution in [3.63, 3.8) is 0 Å². The lowest BCUT2D eigenvalue weighted by Gasteiger charge is -2.04. The van der Waals surface area contributed by atoms with Crippen molar-refractivity contribution in [1.29, 1.82) is 0 Å². The van der Waals surface area contributed by atoms with Gasteiger partial charge in [0.25, 0.3) is 0 Å². The van der Waals surface area contributed by atoms with E-state index in [-0.39, 0.29) is 0 Å². The van der Waals surface area contributed by atoms with Gasteiger partial charge in [0.2, 0.25) is 0 Å². The first-order valence-corrected chi connectivity index (χ1v) is 7.55. The van der Waals surface area contributed by atoms with Crippen LogP contribution in [0.15, 0.2) is 60.8 Å². The normalized spacial score (nSPS) is 10.5. The van der Waals surface area contributed by atoms with Gasteiger partial charge in [-0.2, -0.15) is 5.10 Å². The van der Waals surface area contributed by atoms with Crippen molar-refractivity contribution < 1.29 is 9.47 Å². The number of ether oxygens (including phenoxy) is 2. The van der Waals surface area contributed by atoms with Crippen molar-refractivity contribution >= 4 is 0 Å². The minimum Gasteiger partial charge on any atom is -0.497 e. The van der Waals surface area contributed by atoms with Crippen LogP contribution in [0.2, 0.25) is 0 Å². The maximum atomic E-state index is 5.18. The lowest BCUT2D eigenvalue weighted by Crippen LogP contribution is -2.01. The molecule has 0 amide bonds. The third kappa shape index (κ3) is 3.92. The largest absolute Gasteiger partial charge is 0.497 e. The number of hydrogen-bond acceptors (Lipinski definition) is 3. The smallest absolute Gasteiger partial charge is 0.118 e. The van der Waals surface area contributed by atoms with Crippen LogP contribution < -0.4 is 9.47 Å². The monoisotopic (exact) mass is 308 g/mol. The highest BCUT2D eigenvalue weighted by Crippen LogP contribution is 2.15. The van der Waals surface area contributed by atoms with Crippen LogP contribution in [0.1, 0.15) is 16.8 Å². The molecular formula is C19H20N2O2. The molecule has 0 atom stereocenters. The van der Waals surface area contributed by atoms with E-state index in [2.05, 4.69) is 35.4 Å². The molecule has 3 rings (SSSR count). The summed E-state index contributed by atoms with van der Waals surface area (Å²) in [5.41, 5.74) is 3.48. The third-order valence-electron chi connectivity index (χ3n) is 3.74. The Morgan fingerprint density at radius 3 is 1.91 bits per heavy atom. The molecule has 0 spiro atoms. The van der Waals surface area contributed by atoms with Crippen molar-refractivity contribution in [2.45, 2.75) is 13.0 Å². The van der Waals surface area contributed by atoms with Gasteiger partial charge in [0.1, 0.15) is 11.5 Å². The molecule has 1 aromatic heterocycles. The van der Waals surface area contributed by atoms with Crippen LogP contribution in [-0.4, -0.2) is 24.0 Å². The number of hydrogen-bond donors (Lipinski definition) is 0. The van der Waals surface area contributed by atoms with Gasteiger partial charge in [0, 0.05) is 12.6 Å². The quantitative estimate of drug-likeness (QED) is 0.699. The number of rotatable bonds is 6. The highest BCUT2D eigenvalue weighted by atomic mass is 16.5. The lowest BCUT2D eigenvalue weighted by atomic mass is 10.1. The molecule has 0 unspecified atom stereocenters. The second-order valence-electron chi connectivity index (χ2n) is 5.38. The van der Waals surface area contributed by atoms with Crippen LogP contribution in [-0.2, 0) is 13.0 Å². The molecule has 4 nitrogen and oxygen atoms in total. The highest BCUT2D eigenvalue weighted by Gasteiger charge is 2.03. The Bertz CT molecular complexity index is 682. The van der Waals surface area contributed by atoms with Crippen molar-refractivity contribution in [2.24, 2.45) is 0 Å². The van der Waals surface area contributed by atoms with Gasteiger partial charge >= 0.3 is 0 Å². The molecule has 0 saturated heterocycles. The van der Waals surface area contributed by atoms with Crippen LogP contribution in [0.5, 0.6) is 11.5 Å². The zero-order valence-electron chi connectivity index (χ0n) is 13.4. The highest BCUT2D eigenvalue weighted by molar-refractivity contribution is 5.30. The Hall–Kier alpha value is -2.75. The maximum Gasteiger partial charge on any atom is 0.118 e. The molecule has 118 valence electrons. The Kier molecular flexibility index (Phi) is 4.62. The molecule has 0 aliphatic heterocycles. The second kappa shape index (κ2) is 7.01. The van der Waals surface area contributed by atoms with Crippen LogP contribution >= 0.6 is 0 Å². The van der Waals surface area contributed by atoms with Gasteiger partial charge in [-0.3, -0.25) is 4.68 Å². The van der Waals surface area contributed by atoms with Gasteiger partial charge in [-0.15, -0.1) is 0 Å². The topological polar surface area (TPSA) is 36.3 Å². The van der Waals surface area contributed by atoms with E-state index in [1.165, 1.54) is 11.1 Å². The number of aromatic nitrogens is 2. The van der Waals surface area contributed by atoms with E-state index in [0.29, 0.717) is 0 Å². The molecule has 23 heavy (non-hydrogen) atoms. The minimum absolute atomic E-state index is 0.757. The molecule has 0 radical (unpaired) electrons. The van der Waals surface area contributed by atoms with Crippen molar-refractivity contribution in [1.82, 2.24) is 9.78 Å². The van der Waals surface area contributed by atoms with Gasteiger partial charge in [-0.25, -0.2) is 0 Å². The Morgan fingerprint density at radius 2 is 1.35 bits per heavy atom. The van der Waals surface area contributed by atoms with E-state index in [1.807, 2.05) is 35.1 Å². The molecule has 4 heteroatoms. The van der Waals surface area contributed by atoms with Crippen LogP contribution in [0.25, 0.3) is 0 Å². The predicted octanol–water partition coefficient (Wildman–Crippen LogP) is 3.54. The number of methoxy groups -OCH3 is 2. The van der Waals surface area contributed by atoms with Gasteiger partial charge in [0.05, 0.1) is 26.5 Å². The minimum atomic E-state index is 0.757. The molecule has 0 bridgehead atoms. The first-order chi connectivity index (χ1) is 11.3. The van der Waals surface area contributed by atoms with Crippen molar-refractivity contribution in [2.75, 3.05) is 14.2 Å². The summed E-state index contributed by atoms with van der Waals surface area (Å²) in [6.07, 6.45) is 2.84. The summed E-state index contributed by atoms with van der Waals surface area (Å²) in [4.78, 5) is 0. The molecule has 0 fully saturated rings. The Morgan fingerprint density at radius 1 is 0.783 bits per heavy atom. The summed E-state index contributed by atoms with van der Waals surface area (Å²) >= 11 is 0. The molecule has 0 aliphatic carbocycles. The Balaban J connectivity index is 1.64. The fourth-order valence-corrected chi connectivity index (χ4v) is 2.46. The van der Waals surface area contributed by atoms with E-state index >= 15 is 0 Å². The summed E-state index contributed by atoms with van der Waals surface area (Å²) in [6.45, 7) is 0.757. The Labute approximate surface area is 136 Å². The average molecular weight is 308 g/mol. The predicted molar refractivity (Wildman–Crippen MR) is 90.1 cm³/mol. The maximum absolute atomic E-state index is 5.18. The van der Waals surface area contributed by atoms with Gasteiger partial charge < -0.3 is 9.47 Å². The van der Waals surface area contributed by atoms with E-state index in [4.69, 9.17) is 9.47 Å². The fourth-order valence-electron chi connectivity index (χ4n) is 2.46.